The third-order valence-corrected chi connectivity index (χ3v) is 6.68. The van der Waals surface area contributed by atoms with E-state index in [9.17, 15) is 18.0 Å². The minimum absolute atomic E-state index is 0.191. The van der Waals surface area contributed by atoms with Crippen LogP contribution >= 0.6 is 11.3 Å². The van der Waals surface area contributed by atoms with Gasteiger partial charge in [-0.15, -0.1) is 11.3 Å². The minimum atomic E-state index is -4.42. The van der Waals surface area contributed by atoms with E-state index in [2.05, 4.69) is 20.2 Å². The van der Waals surface area contributed by atoms with Crippen LogP contribution in [0.1, 0.15) is 65.2 Å². The van der Waals surface area contributed by atoms with E-state index in [4.69, 9.17) is 0 Å². The van der Waals surface area contributed by atoms with E-state index in [1.165, 1.54) is 17.4 Å². The zero-order chi connectivity index (χ0) is 21.6. The standard InChI is InChI=1S/C21H20F3N5OS/c22-21(23,24)15-3-1-2-14(10-15)19-25-16(11-31-19)20(30)29-8-6-13(7-9-29)18-26-17(27-28-18)12-4-5-12/h1-3,10-13H,4-9H2,(H,26,27,28). The van der Waals surface area contributed by atoms with Crippen molar-refractivity contribution in [3.8, 4) is 10.6 Å². The van der Waals surface area contributed by atoms with Gasteiger partial charge in [-0.05, 0) is 37.8 Å². The Hall–Kier alpha value is -2.75. The number of nitrogens with zero attached hydrogens (tertiary/aromatic N) is 4. The Bertz CT molecular complexity index is 1100. The maximum atomic E-state index is 13.0. The van der Waals surface area contributed by atoms with Crippen molar-refractivity contribution in [2.75, 3.05) is 13.1 Å². The number of hydrogen-bond donors (Lipinski definition) is 1. The first-order valence-corrected chi connectivity index (χ1v) is 11.1. The molecule has 31 heavy (non-hydrogen) atoms. The van der Waals surface area contributed by atoms with Crippen molar-refractivity contribution in [2.45, 2.75) is 43.7 Å². The van der Waals surface area contributed by atoms with Crippen molar-refractivity contribution in [1.29, 1.82) is 0 Å². The number of aromatic amines is 1. The van der Waals surface area contributed by atoms with Crippen molar-refractivity contribution >= 4 is 17.2 Å². The molecule has 1 saturated heterocycles. The molecule has 10 heteroatoms. The van der Waals surface area contributed by atoms with Gasteiger partial charge in [0.15, 0.2) is 5.82 Å². The predicted molar refractivity (Wildman–Crippen MR) is 109 cm³/mol. The molecule has 2 aliphatic rings. The smallest absolute Gasteiger partial charge is 0.337 e. The molecule has 2 aromatic heterocycles. The van der Waals surface area contributed by atoms with Crippen molar-refractivity contribution in [2.24, 2.45) is 0 Å². The van der Waals surface area contributed by atoms with Gasteiger partial charge in [0.25, 0.3) is 5.91 Å². The highest BCUT2D eigenvalue weighted by Gasteiger charge is 2.32. The van der Waals surface area contributed by atoms with Gasteiger partial charge in [-0.25, -0.2) is 9.97 Å². The lowest BCUT2D eigenvalue weighted by Crippen LogP contribution is -2.38. The lowest BCUT2D eigenvalue weighted by atomic mass is 9.96. The van der Waals surface area contributed by atoms with Gasteiger partial charge in [0.1, 0.15) is 16.5 Å². The number of hydrogen-bond acceptors (Lipinski definition) is 5. The van der Waals surface area contributed by atoms with Gasteiger partial charge in [-0.3, -0.25) is 9.89 Å². The van der Waals surface area contributed by atoms with E-state index in [0.29, 0.717) is 29.6 Å². The van der Waals surface area contributed by atoms with E-state index >= 15 is 0 Å². The highest BCUT2D eigenvalue weighted by atomic mass is 32.1. The maximum Gasteiger partial charge on any atom is 0.416 e. The fourth-order valence-electron chi connectivity index (χ4n) is 3.85. The lowest BCUT2D eigenvalue weighted by molar-refractivity contribution is -0.137. The number of benzene rings is 1. The van der Waals surface area contributed by atoms with Gasteiger partial charge >= 0.3 is 6.18 Å². The Morgan fingerprint density at radius 1 is 1.10 bits per heavy atom. The molecule has 1 aliphatic carbocycles. The van der Waals surface area contributed by atoms with Crippen LogP contribution in [0.2, 0.25) is 0 Å². The zero-order valence-electron chi connectivity index (χ0n) is 16.5. The molecular formula is C21H20F3N5OS. The fourth-order valence-corrected chi connectivity index (χ4v) is 4.64. The molecule has 1 aliphatic heterocycles. The number of carbonyl (C=O) groups is 1. The van der Waals surface area contributed by atoms with Crippen LogP contribution in [0.4, 0.5) is 13.2 Å². The summed E-state index contributed by atoms with van der Waals surface area (Å²) in [4.78, 5) is 23.6. The summed E-state index contributed by atoms with van der Waals surface area (Å²) in [7, 11) is 0. The quantitative estimate of drug-likeness (QED) is 0.621. The van der Waals surface area contributed by atoms with Crippen LogP contribution in [-0.2, 0) is 6.18 Å². The molecule has 5 rings (SSSR count). The molecule has 1 amide bonds. The maximum absolute atomic E-state index is 13.0. The highest BCUT2D eigenvalue weighted by molar-refractivity contribution is 7.13. The second kappa shape index (κ2) is 7.74. The number of nitrogens with one attached hydrogen (secondary N) is 1. The molecule has 2 fully saturated rings. The molecule has 1 N–H and O–H groups in total. The number of rotatable bonds is 4. The lowest BCUT2D eigenvalue weighted by Gasteiger charge is -2.30. The molecule has 3 heterocycles. The number of likely N-dealkylation sites (tertiary alicyclic amines) is 1. The van der Waals surface area contributed by atoms with E-state index in [1.807, 2.05) is 0 Å². The summed E-state index contributed by atoms with van der Waals surface area (Å²) in [6, 6.07) is 5.01. The van der Waals surface area contributed by atoms with Gasteiger partial charge < -0.3 is 4.90 Å². The molecule has 0 atom stereocenters. The van der Waals surface area contributed by atoms with Crippen molar-refractivity contribution in [3.63, 3.8) is 0 Å². The number of H-pyrrole nitrogens is 1. The average Bonchev–Trinajstić information content (AvgIpc) is 3.30. The van der Waals surface area contributed by atoms with Crippen molar-refractivity contribution in [1.82, 2.24) is 25.1 Å². The van der Waals surface area contributed by atoms with Crippen LogP contribution in [0.5, 0.6) is 0 Å². The van der Waals surface area contributed by atoms with Crippen molar-refractivity contribution in [3.05, 3.63) is 52.6 Å². The summed E-state index contributed by atoms with van der Waals surface area (Å²) in [6.07, 6.45) is -0.536. The SMILES string of the molecule is O=C(c1csc(-c2cccc(C(F)(F)F)c2)n1)N1CCC(c2nc(C3CC3)n[nH]2)CC1. The first-order valence-electron chi connectivity index (χ1n) is 10.2. The second-order valence-corrected chi connectivity index (χ2v) is 8.89. The average molecular weight is 447 g/mol. The third kappa shape index (κ3) is 4.21. The second-order valence-electron chi connectivity index (χ2n) is 8.04. The predicted octanol–water partition coefficient (Wildman–Crippen LogP) is 4.84. The van der Waals surface area contributed by atoms with Crippen LogP contribution in [-0.4, -0.2) is 44.1 Å². The molecule has 1 saturated carbocycles. The van der Waals surface area contributed by atoms with Gasteiger partial charge in [-0.1, -0.05) is 12.1 Å². The molecule has 0 radical (unpaired) electrons. The zero-order valence-corrected chi connectivity index (χ0v) is 17.3. The van der Waals surface area contributed by atoms with E-state index < -0.39 is 11.7 Å². The summed E-state index contributed by atoms with van der Waals surface area (Å²) in [5, 5.41) is 9.38. The number of carbonyl (C=O) groups excluding carboxylic acids is 1. The highest BCUT2D eigenvalue weighted by Crippen LogP contribution is 2.39. The number of thiazole rings is 1. The summed E-state index contributed by atoms with van der Waals surface area (Å²) in [5.41, 5.74) is -0.103. The first-order chi connectivity index (χ1) is 14.9. The third-order valence-electron chi connectivity index (χ3n) is 5.79. The van der Waals surface area contributed by atoms with Gasteiger partial charge in [-0.2, -0.15) is 18.3 Å². The van der Waals surface area contributed by atoms with Crippen LogP contribution in [0.15, 0.2) is 29.6 Å². The normalized spacial score (nSPS) is 17.8. The summed E-state index contributed by atoms with van der Waals surface area (Å²) in [5.74, 6) is 2.36. The van der Waals surface area contributed by atoms with Crippen LogP contribution in [0.25, 0.3) is 10.6 Å². The first kappa shape index (κ1) is 20.2. The Kier molecular flexibility index (Phi) is 5.04. The molecule has 1 aromatic carbocycles. The van der Waals surface area contributed by atoms with Gasteiger partial charge in [0.05, 0.1) is 5.56 Å². The number of halogens is 3. The topological polar surface area (TPSA) is 74.8 Å². The molecule has 0 spiro atoms. The van der Waals surface area contributed by atoms with Crippen LogP contribution in [0, 0.1) is 0 Å². The van der Waals surface area contributed by atoms with Gasteiger partial charge in [0, 0.05) is 35.9 Å². The number of amides is 1. The Balaban J connectivity index is 1.24. The number of alkyl halides is 3. The minimum Gasteiger partial charge on any atom is -0.337 e. The summed E-state index contributed by atoms with van der Waals surface area (Å²) >= 11 is 1.17. The summed E-state index contributed by atoms with van der Waals surface area (Å²) in [6.45, 7) is 1.17. The van der Waals surface area contributed by atoms with E-state index in [-0.39, 0.29) is 17.5 Å². The fraction of sp³-hybridized carbons (Fsp3) is 0.429. The Morgan fingerprint density at radius 2 is 1.87 bits per heavy atom. The van der Waals surface area contributed by atoms with Crippen molar-refractivity contribution < 1.29 is 18.0 Å². The van der Waals surface area contributed by atoms with E-state index in [0.717, 1.165) is 49.5 Å². The molecule has 3 aromatic rings. The van der Waals surface area contributed by atoms with Gasteiger partial charge in [0.2, 0.25) is 0 Å². The molecular weight excluding hydrogens is 427 g/mol. The largest absolute Gasteiger partial charge is 0.416 e. The number of aromatic nitrogens is 4. The monoisotopic (exact) mass is 447 g/mol. The van der Waals surface area contributed by atoms with Crippen LogP contribution < -0.4 is 0 Å². The molecule has 0 unspecified atom stereocenters. The van der Waals surface area contributed by atoms with E-state index in [1.54, 1.807) is 16.3 Å². The van der Waals surface area contributed by atoms with Crippen LogP contribution in [0.3, 0.4) is 0 Å². The molecule has 0 bridgehead atoms. The summed E-state index contributed by atoms with van der Waals surface area (Å²) < 4.78 is 38.9. The number of piperidine rings is 1. The Morgan fingerprint density at radius 3 is 2.58 bits per heavy atom. The molecule has 6 nitrogen and oxygen atoms in total. The Labute approximate surface area is 180 Å². The molecule has 162 valence electrons.